The van der Waals surface area contributed by atoms with Crippen molar-refractivity contribution in [2.45, 2.75) is 39.3 Å². The van der Waals surface area contributed by atoms with Crippen LogP contribution in [0.3, 0.4) is 0 Å². The van der Waals surface area contributed by atoms with E-state index in [0.717, 1.165) is 28.8 Å². The summed E-state index contributed by atoms with van der Waals surface area (Å²) in [7, 11) is 1.73. The lowest BCUT2D eigenvalue weighted by molar-refractivity contribution is 0.194. The van der Waals surface area contributed by atoms with Gasteiger partial charge in [-0.3, -0.25) is 9.13 Å². The van der Waals surface area contributed by atoms with E-state index in [1.165, 1.54) is 0 Å². The second kappa shape index (κ2) is 6.90. The molecule has 0 saturated carbocycles. The number of hydrogen-bond donors (Lipinski definition) is 2. The number of benzene rings is 1. The standard InChI is InChI=1S/C20H24N4O3/c1-5-20(2,3)24-16-10-9-15(22-17(16)23(4)19(24)27)14-8-6-7-13(11-14)12-21-18(25)26/h6-11,21H,5,12H2,1-4H3,(H,25,26). The molecule has 0 aliphatic carbocycles. The summed E-state index contributed by atoms with van der Waals surface area (Å²) in [6.45, 7) is 6.37. The van der Waals surface area contributed by atoms with Crippen molar-refractivity contribution < 1.29 is 9.90 Å². The third-order valence-corrected chi connectivity index (χ3v) is 5.03. The Labute approximate surface area is 157 Å². The van der Waals surface area contributed by atoms with Crippen LogP contribution < -0.4 is 11.0 Å². The van der Waals surface area contributed by atoms with Gasteiger partial charge < -0.3 is 10.4 Å². The predicted molar refractivity (Wildman–Crippen MR) is 105 cm³/mol. The first-order chi connectivity index (χ1) is 12.7. The van der Waals surface area contributed by atoms with Gasteiger partial charge in [0, 0.05) is 24.7 Å². The summed E-state index contributed by atoms with van der Waals surface area (Å²) in [6, 6.07) is 11.4. The maximum absolute atomic E-state index is 12.8. The number of nitrogens with zero attached hydrogens (tertiary/aromatic N) is 3. The largest absolute Gasteiger partial charge is 0.465 e. The third-order valence-electron chi connectivity index (χ3n) is 5.03. The number of rotatable bonds is 5. The van der Waals surface area contributed by atoms with E-state index in [0.29, 0.717) is 5.65 Å². The number of fused-ring (bicyclic) bond motifs is 1. The van der Waals surface area contributed by atoms with Crippen molar-refractivity contribution in [3.63, 3.8) is 0 Å². The molecule has 2 aromatic heterocycles. The highest BCUT2D eigenvalue weighted by Crippen LogP contribution is 2.26. The summed E-state index contributed by atoms with van der Waals surface area (Å²) in [5.41, 5.74) is 3.51. The second-order valence-electron chi connectivity index (χ2n) is 7.24. The summed E-state index contributed by atoms with van der Waals surface area (Å²) in [5.74, 6) is 0. The molecule has 2 heterocycles. The minimum atomic E-state index is -1.06. The molecule has 142 valence electrons. The number of carbonyl (C=O) groups is 1. The Hall–Kier alpha value is -3.09. The van der Waals surface area contributed by atoms with Gasteiger partial charge in [-0.25, -0.2) is 14.6 Å². The monoisotopic (exact) mass is 368 g/mol. The molecule has 0 unspecified atom stereocenters. The first-order valence-electron chi connectivity index (χ1n) is 8.89. The van der Waals surface area contributed by atoms with Crippen LogP contribution >= 0.6 is 0 Å². The minimum absolute atomic E-state index is 0.0825. The Balaban J connectivity index is 2.08. The van der Waals surface area contributed by atoms with Crippen molar-refractivity contribution in [1.29, 1.82) is 0 Å². The second-order valence-corrected chi connectivity index (χ2v) is 7.24. The van der Waals surface area contributed by atoms with E-state index in [1.54, 1.807) is 16.2 Å². The Morgan fingerprint density at radius 1 is 1.26 bits per heavy atom. The van der Waals surface area contributed by atoms with Crippen molar-refractivity contribution in [1.82, 2.24) is 19.4 Å². The lowest BCUT2D eigenvalue weighted by Crippen LogP contribution is -2.35. The van der Waals surface area contributed by atoms with Gasteiger partial charge in [0.15, 0.2) is 5.65 Å². The molecule has 2 N–H and O–H groups in total. The van der Waals surface area contributed by atoms with Crippen LogP contribution in [0.25, 0.3) is 22.4 Å². The Kier molecular flexibility index (Phi) is 4.78. The Morgan fingerprint density at radius 3 is 2.67 bits per heavy atom. The Morgan fingerprint density at radius 2 is 2.00 bits per heavy atom. The van der Waals surface area contributed by atoms with Gasteiger partial charge in [-0.15, -0.1) is 0 Å². The van der Waals surface area contributed by atoms with Crippen LogP contribution in [-0.2, 0) is 19.1 Å². The first kappa shape index (κ1) is 18.7. The fourth-order valence-corrected chi connectivity index (χ4v) is 3.13. The molecule has 7 heteroatoms. The SMILES string of the molecule is CCC(C)(C)n1c(=O)n(C)c2nc(-c3cccc(CNC(=O)O)c3)ccc21. The number of aromatic nitrogens is 3. The number of aryl methyl sites for hydroxylation is 1. The minimum Gasteiger partial charge on any atom is -0.465 e. The highest BCUT2D eigenvalue weighted by Gasteiger charge is 2.25. The van der Waals surface area contributed by atoms with Gasteiger partial charge in [0.25, 0.3) is 0 Å². The molecule has 0 fully saturated rings. The van der Waals surface area contributed by atoms with Gasteiger partial charge in [0.2, 0.25) is 0 Å². The molecule has 0 aliphatic heterocycles. The molecule has 0 saturated heterocycles. The summed E-state index contributed by atoms with van der Waals surface area (Å²) in [4.78, 5) is 28.2. The number of nitrogens with one attached hydrogen (secondary N) is 1. The van der Waals surface area contributed by atoms with Crippen molar-refractivity contribution >= 4 is 17.3 Å². The van der Waals surface area contributed by atoms with E-state index in [-0.39, 0.29) is 17.8 Å². The smallest absolute Gasteiger partial charge is 0.404 e. The van der Waals surface area contributed by atoms with E-state index in [1.807, 2.05) is 50.2 Å². The van der Waals surface area contributed by atoms with E-state index in [9.17, 15) is 9.59 Å². The maximum Gasteiger partial charge on any atom is 0.404 e. The highest BCUT2D eigenvalue weighted by molar-refractivity contribution is 5.76. The summed E-state index contributed by atoms with van der Waals surface area (Å²) in [6.07, 6.45) is -0.235. The van der Waals surface area contributed by atoms with Gasteiger partial charge in [-0.05, 0) is 44.0 Å². The van der Waals surface area contributed by atoms with E-state index in [2.05, 4.69) is 12.2 Å². The van der Waals surface area contributed by atoms with Crippen molar-refractivity contribution in [3.05, 3.63) is 52.4 Å². The van der Waals surface area contributed by atoms with Crippen LogP contribution in [-0.4, -0.2) is 25.3 Å². The van der Waals surface area contributed by atoms with Crippen LogP contribution in [0.1, 0.15) is 32.8 Å². The third kappa shape index (κ3) is 3.45. The van der Waals surface area contributed by atoms with E-state index < -0.39 is 6.09 Å². The van der Waals surface area contributed by atoms with Gasteiger partial charge in [-0.2, -0.15) is 0 Å². The summed E-state index contributed by atoms with van der Waals surface area (Å²) >= 11 is 0. The number of amides is 1. The molecule has 1 amide bonds. The maximum atomic E-state index is 12.8. The van der Waals surface area contributed by atoms with Crippen LogP contribution in [0.4, 0.5) is 4.79 Å². The summed E-state index contributed by atoms with van der Waals surface area (Å²) in [5, 5.41) is 11.1. The van der Waals surface area contributed by atoms with Crippen LogP contribution in [0.5, 0.6) is 0 Å². The summed E-state index contributed by atoms with van der Waals surface area (Å²) < 4.78 is 3.37. The van der Waals surface area contributed by atoms with Crippen LogP contribution in [0, 0.1) is 0 Å². The van der Waals surface area contributed by atoms with Crippen LogP contribution in [0.15, 0.2) is 41.2 Å². The predicted octanol–water partition coefficient (Wildman–Crippen LogP) is 3.31. The molecule has 7 nitrogen and oxygen atoms in total. The normalized spacial score (nSPS) is 11.7. The quantitative estimate of drug-likeness (QED) is 0.723. The molecular formula is C20H24N4O3. The zero-order valence-corrected chi connectivity index (χ0v) is 16.0. The van der Waals surface area contributed by atoms with Gasteiger partial charge in [0.05, 0.1) is 11.2 Å². The highest BCUT2D eigenvalue weighted by atomic mass is 16.4. The molecule has 1 aromatic carbocycles. The van der Waals surface area contributed by atoms with E-state index >= 15 is 0 Å². The Bertz CT molecular complexity index is 1060. The molecule has 0 radical (unpaired) electrons. The number of hydrogen-bond acceptors (Lipinski definition) is 3. The lowest BCUT2D eigenvalue weighted by atomic mass is 10.0. The molecule has 0 bridgehead atoms. The topological polar surface area (TPSA) is 89.2 Å². The molecule has 0 aliphatic rings. The number of imidazole rings is 1. The molecule has 3 rings (SSSR count). The first-order valence-corrected chi connectivity index (χ1v) is 8.89. The molecule has 3 aromatic rings. The van der Waals surface area contributed by atoms with Gasteiger partial charge >= 0.3 is 11.8 Å². The molecule has 27 heavy (non-hydrogen) atoms. The molecular weight excluding hydrogens is 344 g/mol. The molecule has 0 spiro atoms. The van der Waals surface area contributed by atoms with Gasteiger partial charge in [0.1, 0.15) is 0 Å². The zero-order valence-electron chi connectivity index (χ0n) is 16.0. The van der Waals surface area contributed by atoms with Gasteiger partial charge in [-0.1, -0.05) is 25.1 Å². The van der Waals surface area contributed by atoms with Crippen LogP contribution in [0.2, 0.25) is 0 Å². The average Bonchev–Trinajstić information content (AvgIpc) is 2.91. The fraction of sp³-hybridized carbons (Fsp3) is 0.350. The van der Waals surface area contributed by atoms with Crippen molar-refractivity contribution in [3.8, 4) is 11.3 Å². The number of carboxylic acid groups (broad SMARTS) is 1. The molecule has 0 atom stereocenters. The van der Waals surface area contributed by atoms with Crippen molar-refractivity contribution in [2.75, 3.05) is 0 Å². The average molecular weight is 368 g/mol. The lowest BCUT2D eigenvalue weighted by Gasteiger charge is -2.24. The van der Waals surface area contributed by atoms with Crippen molar-refractivity contribution in [2.24, 2.45) is 7.05 Å². The fourth-order valence-electron chi connectivity index (χ4n) is 3.13. The number of pyridine rings is 1. The zero-order chi connectivity index (χ0) is 19.8. The van der Waals surface area contributed by atoms with E-state index in [4.69, 9.17) is 10.1 Å².